The summed E-state index contributed by atoms with van der Waals surface area (Å²) in [5, 5.41) is 2.13. The maximum Gasteiger partial charge on any atom is 0.0692 e. The number of hydrogen-bond acceptors (Lipinski definition) is 3. The zero-order valence-corrected chi connectivity index (χ0v) is 10.3. The highest BCUT2D eigenvalue weighted by molar-refractivity contribution is 7.99. The second-order valence-corrected chi connectivity index (χ2v) is 5.31. The van der Waals surface area contributed by atoms with Gasteiger partial charge in [0.05, 0.1) is 6.61 Å². The van der Waals surface area contributed by atoms with Crippen LogP contribution in [-0.2, 0) is 4.84 Å². The van der Waals surface area contributed by atoms with Crippen molar-refractivity contribution in [1.29, 1.82) is 0 Å². The van der Waals surface area contributed by atoms with Crippen LogP contribution in [0.25, 0.3) is 0 Å². The Morgan fingerprint density at radius 1 is 1.43 bits per heavy atom. The van der Waals surface area contributed by atoms with Crippen molar-refractivity contribution in [3.05, 3.63) is 0 Å². The molecule has 1 rings (SSSR count). The molecule has 84 valence electrons. The predicted molar refractivity (Wildman–Crippen MR) is 63.5 cm³/mol. The fourth-order valence-corrected chi connectivity index (χ4v) is 2.43. The molecule has 1 aliphatic rings. The van der Waals surface area contributed by atoms with Crippen molar-refractivity contribution in [3.8, 4) is 0 Å². The molecule has 1 saturated heterocycles. The van der Waals surface area contributed by atoms with Crippen molar-refractivity contribution in [2.75, 3.05) is 31.2 Å². The van der Waals surface area contributed by atoms with Crippen LogP contribution in [0.4, 0.5) is 0 Å². The molecule has 1 heterocycles. The fraction of sp³-hybridized carbons (Fsp3) is 1.00. The van der Waals surface area contributed by atoms with Gasteiger partial charge in [0.25, 0.3) is 0 Å². The van der Waals surface area contributed by atoms with E-state index in [9.17, 15) is 0 Å². The first-order chi connectivity index (χ1) is 6.83. The molecule has 0 aliphatic carbocycles. The largest absolute Gasteiger partial charge is 0.299 e. The molecule has 1 unspecified atom stereocenters. The number of hydrogen-bond donors (Lipinski definition) is 0. The first kappa shape index (κ1) is 12.3. The van der Waals surface area contributed by atoms with Crippen LogP contribution < -0.4 is 0 Å². The third-order valence-corrected chi connectivity index (χ3v) is 3.72. The summed E-state index contributed by atoms with van der Waals surface area (Å²) in [6.45, 7) is 7.68. The Morgan fingerprint density at radius 2 is 2.29 bits per heavy atom. The SMILES string of the molecule is CCCSCCCON1CCC(C)C1. The molecule has 2 nitrogen and oxygen atoms in total. The highest BCUT2D eigenvalue weighted by Gasteiger charge is 2.18. The van der Waals surface area contributed by atoms with Gasteiger partial charge in [-0.15, -0.1) is 0 Å². The summed E-state index contributed by atoms with van der Waals surface area (Å²) in [6, 6.07) is 0. The summed E-state index contributed by atoms with van der Waals surface area (Å²) in [5.41, 5.74) is 0. The van der Waals surface area contributed by atoms with Crippen LogP contribution in [0, 0.1) is 5.92 Å². The van der Waals surface area contributed by atoms with Gasteiger partial charge in [0.1, 0.15) is 0 Å². The summed E-state index contributed by atoms with van der Waals surface area (Å²) >= 11 is 2.04. The van der Waals surface area contributed by atoms with Crippen molar-refractivity contribution in [3.63, 3.8) is 0 Å². The third-order valence-electron chi connectivity index (χ3n) is 2.44. The fourth-order valence-electron chi connectivity index (χ4n) is 1.61. The number of rotatable bonds is 7. The molecule has 1 aliphatic heterocycles. The van der Waals surface area contributed by atoms with Crippen LogP contribution in [0.15, 0.2) is 0 Å². The Balaban J connectivity index is 1.84. The van der Waals surface area contributed by atoms with E-state index < -0.39 is 0 Å². The summed E-state index contributed by atoms with van der Waals surface area (Å²) < 4.78 is 0. The normalized spacial score (nSPS) is 23.1. The Kier molecular flexibility index (Phi) is 6.65. The lowest BCUT2D eigenvalue weighted by Crippen LogP contribution is -2.21. The Bertz CT molecular complexity index is 143. The van der Waals surface area contributed by atoms with Crippen molar-refractivity contribution in [1.82, 2.24) is 5.06 Å². The van der Waals surface area contributed by atoms with Gasteiger partial charge in [0, 0.05) is 13.1 Å². The van der Waals surface area contributed by atoms with Crippen molar-refractivity contribution < 1.29 is 4.84 Å². The zero-order chi connectivity index (χ0) is 10.2. The van der Waals surface area contributed by atoms with Gasteiger partial charge < -0.3 is 0 Å². The summed E-state index contributed by atoms with van der Waals surface area (Å²) in [7, 11) is 0. The number of hydroxylamine groups is 2. The molecule has 0 aromatic carbocycles. The van der Waals surface area contributed by atoms with Gasteiger partial charge in [0.2, 0.25) is 0 Å². The van der Waals surface area contributed by atoms with Crippen molar-refractivity contribution in [2.45, 2.75) is 33.1 Å². The van der Waals surface area contributed by atoms with E-state index in [-0.39, 0.29) is 0 Å². The van der Waals surface area contributed by atoms with E-state index in [0.29, 0.717) is 0 Å². The number of thioether (sulfide) groups is 1. The average Bonchev–Trinajstić information content (AvgIpc) is 2.58. The van der Waals surface area contributed by atoms with Gasteiger partial charge in [-0.3, -0.25) is 4.84 Å². The zero-order valence-electron chi connectivity index (χ0n) is 9.50. The van der Waals surface area contributed by atoms with E-state index in [4.69, 9.17) is 4.84 Å². The molecule has 0 spiro atoms. The lowest BCUT2D eigenvalue weighted by molar-refractivity contribution is -0.144. The van der Waals surface area contributed by atoms with E-state index in [2.05, 4.69) is 18.9 Å². The molecule has 0 amide bonds. The molecule has 1 atom stereocenters. The minimum Gasteiger partial charge on any atom is -0.299 e. The first-order valence-electron chi connectivity index (χ1n) is 5.78. The van der Waals surface area contributed by atoms with E-state index >= 15 is 0 Å². The van der Waals surface area contributed by atoms with Crippen LogP contribution in [0.1, 0.15) is 33.1 Å². The second kappa shape index (κ2) is 7.55. The van der Waals surface area contributed by atoms with E-state index in [1.807, 2.05) is 11.8 Å². The van der Waals surface area contributed by atoms with E-state index in [0.717, 1.165) is 25.6 Å². The topological polar surface area (TPSA) is 12.5 Å². The Morgan fingerprint density at radius 3 is 2.93 bits per heavy atom. The van der Waals surface area contributed by atoms with Crippen molar-refractivity contribution >= 4 is 11.8 Å². The minimum atomic E-state index is 0.824. The third kappa shape index (κ3) is 5.23. The van der Waals surface area contributed by atoms with Crippen LogP contribution >= 0.6 is 11.8 Å². The molecule has 0 N–H and O–H groups in total. The smallest absolute Gasteiger partial charge is 0.0692 e. The lowest BCUT2D eigenvalue weighted by Gasteiger charge is -2.14. The maximum absolute atomic E-state index is 5.67. The van der Waals surface area contributed by atoms with Crippen LogP contribution in [0.3, 0.4) is 0 Å². The molecular formula is C11H23NOS. The van der Waals surface area contributed by atoms with Gasteiger partial charge in [-0.1, -0.05) is 13.8 Å². The van der Waals surface area contributed by atoms with Crippen molar-refractivity contribution in [2.24, 2.45) is 5.92 Å². The lowest BCUT2D eigenvalue weighted by atomic mass is 10.2. The van der Waals surface area contributed by atoms with E-state index in [1.165, 1.54) is 30.8 Å². The van der Waals surface area contributed by atoms with Crippen LogP contribution in [0.2, 0.25) is 0 Å². The molecular weight excluding hydrogens is 194 g/mol. The van der Waals surface area contributed by atoms with Gasteiger partial charge in [0.15, 0.2) is 0 Å². The standard InChI is InChI=1S/C11H23NOS/c1-3-8-14-9-4-7-13-12-6-5-11(2)10-12/h11H,3-10H2,1-2H3. The monoisotopic (exact) mass is 217 g/mol. The molecule has 0 radical (unpaired) electrons. The molecule has 0 saturated carbocycles. The molecule has 0 aromatic rings. The van der Waals surface area contributed by atoms with Gasteiger partial charge in [-0.25, -0.2) is 0 Å². The Labute approximate surface area is 92.3 Å². The molecule has 0 bridgehead atoms. The van der Waals surface area contributed by atoms with Crippen LogP contribution in [-0.4, -0.2) is 36.3 Å². The minimum absolute atomic E-state index is 0.824. The number of nitrogens with zero attached hydrogens (tertiary/aromatic N) is 1. The van der Waals surface area contributed by atoms with Gasteiger partial charge in [-0.2, -0.15) is 16.8 Å². The van der Waals surface area contributed by atoms with Crippen LogP contribution in [0.5, 0.6) is 0 Å². The average molecular weight is 217 g/mol. The quantitative estimate of drug-likeness (QED) is 0.608. The summed E-state index contributed by atoms with van der Waals surface area (Å²) in [6.07, 6.45) is 3.77. The molecule has 3 heteroatoms. The van der Waals surface area contributed by atoms with E-state index in [1.54, 1.807) is 0 Å². The first-order valence-corrected chi connectivity index (χ1v) is 6.94. The second-order valence-electron chi connectivity index (χ2n) is 4.08. The molecule has 0 aromatic heterocycles. The maximum atomic E-state index is 5.67. The highest BCUT2D eigenvalue weighted by atomic mass is 32.2. The van der Waals surface area contributed by atoms with Gasteiger partial charge >= 0.3 is 0 Å². The Hall–Kier alpha value is 0.270. The molecule has 1 fully saturated rings. The molecule has 14 heavy (non-hydrogen) atoms. The summed E-state index contributed by atoms with van der Waals surface area (Å²) in [5.74, 6) is 3.36. The van der Waals surface area contributed by atoms with Gasteiger partial charge in [-0.05, 0) is 36.7 Å². The highest BCUT2D eigenvalue weighted by Crippen LogP contribution is 2.15. The predicted octanol–water partition coefficient (Wildman–Crippen LogP) is 2.79. The summed E-state index contributed by atoms with van der Waals surface area (Å²) in [4.78, 5) is 5.67.